The van der Waals surface area contributed by atoms with Gasteiger partial charge < -0.3 is 4.90 Å². The fourth-order valence-electron chi connectivity index (χ4n) is 4.18. The number of pyridine rings is 1. The lowest BCUT2D eigenvalue weighted by molar-refractivity contribution is -0.139. The summed E-state index contributed by atoms with van der Waals surface area (Å²) >= 11 is 0. The van der Waals surface area contributed by atoms with E-state index in [1.165, 1.54) is 23.3 Å². The van der Waals surface area contributed by atoms with Crippen molar-refractivity contribution in [1.29, 1.82) is 0 Å². The molecule has 1 amide bonds. The van der Waals surface area contributed by atoms with Gasteiger partial charge in [0.1, 0.15) is 5.82 Å². The van der Waals surface area contributed by atoms with Gasteiger partial charge in [-0.3, -0.25) is 4.79 Å². The topological polar surface area (TPSA) is 63.4 Å². The van der Waals surface area contributed by atoms with Crippen molar-refractivity contribution in [2.75, 3.05) is 0 Å². The summed E-state index contributed by atoms with van der Waals surface area (Å²) in [5.41, 5.74) is 5.77. The molecule has 7 heteroatoms. The van der Waals surface area contributed by atoms with Crippen LogP contribution in [0.25, 0.3) is 16.6 Å². The predicted molar refractivity (Wildman–Crippen MR) is 116 cm³/mol. The van der Waals surface area contributed by atoms with Gasteiger partial charge in [0.2, 0.25) is 5.91 Å². The number of fused-ring (bicyclic) bond motifs is 3. The highest BCUT2D eigenvalue weighted by molar-refractivity contribution is 5.85. The lowest BCUT2D eigenvalue weighted by Crippen LogP contribution is -2.38. The monoisotopic (exact) mass is 417 g/mol. The first-order chi connectivity index (χ1) is 15.0. The lowest BCUT2D eigenvalue weighted by atomic mass is 9.84. The molecule has 4 aromatic rings. The minimum atomic E-state index is -0.281. The minimum Gasteiger partial charge on any atom is -0.334 e. The zero-order valence-electron chi connectivity index (χ0n) is 17.7. The molecule has 31 heavy (non-hydrogen) atoms. The fraction of sp³-hybridized carbons (Fsp3) is 0.333. The van der Waals surface area contributed by atoms with Crippen LogP contribution in [0.4, 0.5) is 4.39 Å². The smallest absolute Gasteiger partial charge is 0.226 e. The Morgan fingerprint density at radius 3 is 2.55 bits per heavy atom. The maximum absolute atomic E-state index is 13.4. The highest BCUT2D eigenvalue weighted by atomic mass is 19.1. The molecule has 6 nitrogen and oxygen atoms in total. The number of nitrogens with zero attached hydrogens (tertiary/aromatic N) is 5. The van der Waals surface area contributed by atoms with E-state index < -0.39 is 0 Å². The SMILES string of the molecule is Cc1cc2cc(CN(Cc3ccc(F)cc3)C(=O)C3CCC3)c3nnnn3c2cc1C. The first kappa shape index (κ1) is 19.6. The molecule has 0 aliphatic heterocycles. The molecule has 0 atom stereocenters. The van der Waals surface area contributed by atoms with E-state index in [0.717, 1.165) is 41.3 Å². The number of aryl methyl sites for hydroxylation is 2. The average molecular weight is 417 g/mol. The second-order valence-corrected chi connectivity index (χ2v) is 8.53. The molecule has 158 valence electrons. The third kappa shape index (κ3) is 3.65. The number of hydrogen-bond donors (Lipinski definition) is 0. The number of amides is 1. The molecule has 2 aromatic carbocycles. The van der Waals surface area contributed by atoms with Gasteiger partial charge in [-0.25, -0.2) is 4.39 Å². The van der Waals surface area contributed by atoms with E-state index in [1.54, 1.807) is 16.6 Å². The first-order valence-electron chi connectivity index (χ1n) is 10.6. The van der Waals surface area contributed by atoms with Crippen molar-refractivity contribution in [3.8, 4) is 0 Å². The predicted octanol–water partition coefficient (Wildman–Crippen LogP) is 4.36. The normalized spacial score (nSPS) is 14.2. The highest BCUT2D eigenvalue weighted by Crippen LogP contribution is 2.30. The highest BCUT2D eigenvalue weighted by Gasteiger charge is 2.30. The molecule has 2 heterocycles. The van der Waals surface area contributed by atoms with E-state index in [-0.39, 0.29) is 17.6 Å². The van der Waals surface area contributed by atoms with Gasteiger partial charge in [-0.1, -0.05) is 18.6 Å². The van der Waals surface area contributed by atoms with Crippen molar-refractivity contribution in [3.63, 3.8) is 0 Å². The van der Waals surface area contributed by atoms with Crippen molar-refractivity contribution in [2.45, 2.75) is 46.2 Å². The summed E-state index contributed by atoms with van der Waals surface area (Å²) < 4.78 is 15.1. The maximum Gasteiger partial charge on any atom is 0.226 e. The van der Waals surface area contributed by atoms with E-state index in [2.05, 4.69) is 47.6 Å². The van der Waals surface area contributed by atoms with Gasteiger partial charge in [-0.15, -0.1) is 5.10 Å². The summed E-state index contributed by atoms with van der Waals surface area (Å²) in [5, 5.41) is 13.4. The largest absolute Gasteiger partial charge is 0.334 e. The zero-order valence-corrected chi connectivity index (χ0v) is 17.7. The molecule has 0 N–H and O–H groups in total. The Bertz CT molecular complexity index is 1280. The molecule has 1 saturated carbocycles. The summed E-state index contributed by atoms with van der Waals surface area (Å²) in [7, 11) is 0. The van der Waals surface area contributed by atoms with Crippen LogP contribution in [0.5, 0.6) is 0 Å². The van der Waals surface area contributed by atoms with Crippen molar-refractivity contribution in [1.82, 2.24) is 24.9 Å². The third-order valence-electron chi connectivity index (χ3n) is 6.37. The molecule has 1 aliphatic rings. The van der Waals surface area contributed by atoms with Gasteiger partial charge in [-0.2, -0.15) is 4.52 Å². The Labute approximate surface area is 179 Å². The Morgan fingerprint density at radius 1 is 1.10 bits per heavy atom. The van der Waals surface area contributed by atoms with Crippen molar-refractivity contribution < 1.29 is 9.18 Å². The zero-order chi connectivity index (χ0) is 21.5. The van der Waals surface area contributed by atoms with Gasteiger partial charge >= 0.3 is 0 Å². The number of carbonyl (C=O) groups is 1. The average Bonchev–Trinajstić information content (AvgIpc) is 3.20. The Kier molecular flexibility index (Phi) is 4.88. The maximum atomic E-state index is 13.4. The van der Waals surface area contributed by atoms with Gasteiger partial charge in [0.15, 0.2) is 5.65 Å². The number of benzene rings is 2. The van der Waals surface area contributed by atoms with Crippen LogP contribution in [0.15, 0.2) is 42.5 Å². The van der Waals surface area contributed by atoms with E-state index in [0.29, 0.717) is 18.7 Å². The van der Waals surface area contributed by atoms with E-state index >= 15 is 0 Å². The van der Waals surface area contributed by atoms with Gasteiger partial charge in [0, 0.05) is 30.0 Å². The molecule has 1 fully saturated rings. The third-order valence-corrected chi connectivity index (χ3v) is 6.37. The number of carbonyl (C=O) groups excluding carboxylic acids is 1. The van der Waals surface area contributed by atoms with Gasteiger partial charge in [-0.05, 0) is 84.1 Å². The summed E-state index contributed by atoms with van der Waals surface area (Å²) in [6.45, 7) is 4.98. The Morgan fingerprint density at radius 2 is 1.84 bits per heavy atom. The van der Waals surface area contributed by atoms with Crippen LogP contribution in [0.1, 0.15) is 41.5 Å². The molecule has 1 aliphatic carbocycles. The van der Waals surface area contributed by atoms with E-state index in [9.17, 15) is 9.18 Å². The molecule has 0 saturated heterocycles. The van der Waals surface area contributed by atoms with Crippen LogP contribution >= 0.6 is 0 Å². The van der Waals surface area contributed by atoms with Crippen molar-refractivity contribution in [2.24, 2.45) is 5.92 Å². The summed E-state index contributed by atoms with van der Waals surface area (Å²) in [5.74, 6) is -0.0729. The van der Waals surface area contributed by atoms with Crippen LogP contribution in [0.3, 0.4) is 0 Å². The van der Waals surface area contributed by atoms with Crippen LogP contribution in [0, 0.1) is 25.6 Å². The van der Waals surface area contributed by atoms with Crippen LogP contribution < -0.4 is 0 Å². The first-order valence-corrected chi connectivity index (χ1v) is 10.6. The number of aromatic nitrogens is 4. The molecular formula is C24H24FN5O. The molecule has 5 rings (SSSR count). The molecule has 0 unspecified atom stereocenters. The molecule has 0 spiro atoms. The van der Waals surface area contributed by atoms with E-state index in [4.69, 9.17) is 0 Å². The van der Waals surface area contributed by atoms with Crippen LogP contribution in [-0.2, 0) is 17.9 Å². The molecule has 0 bridgehead atoms. The summed E-state index contributed by atoms with van der Waals surface area (Å²) in [6, 6.07) is 12.6. The van der Waals surface area contributed by atoms with E-state index in [1.807, 2.05) is 4.90 Å². The number of rotatable bonds is 5. The standard InChI is InChI=1S/C24H24FN5O/c1-15-10-19-12-20(23-26-27-28-30(23)22(19)11-16(15)2)14-29(24(31)18-4-3-5-18)13-17-6-8-21(25)9-7-17/h6-12,18H,3-5,13-14H2,1-2H3. The fourth-order valence-corrected chi connectivity index (χ4v) is 4.18. The van der Waals surface area contributed by atoms with Gasteiger partial charge in [0.25, 0.3) is 0 Å². The molecule has 2 aromatic heterocycles. The van der Waals surface area contributed by atoms with Crippen molar-refractivity contribution in [3.05, 3.63) is 70.5 Å². The Balaban J connectivity index is 1.55. The van der Waals surface area contributed by atoms with Crippen LogP contribution in [0.2, 0.25) is 0 Å². The number of halogens is 1. The van der Waals surface area contributed by atoms with Crippen molar-refractivity contribution >= 4 is 22.5 Å². The molecule has 0 radical (unpaired) electrons. The molecular weight excluding hydrogens is 393 g/mol. The summed E-state index contributed by atoms with van der Waals surface area (Å²) in [6.07, 6.45) is 2.95. The van der Waals surface area contributed by atoms with Gasteiger partial charge in [0.05, 0.1) is 5.52 Å². The second kappa shape index (κ2) is 7.72. The Hall–Kier alpha value is -3.35. The second-order valence-electron chi connectivity index (χ2n) is 8.53. The number of tetrazole rings is 1. The quantitative estimate of drug-likeness (QED) is 0.484. The minimum absolute atomic E-state index is 0.0674. The number of hydrogen-bond acceptors (Lipinski definition) is 4. The lowest BCUT2D eigenvalue weighted by Gasteiger charge is -2.32. The van der Waals surface area contributed by atoms with Crippen LogP contribution in [-0.4, -0.2) is 30.8 Å². The summed E-state index contributed by atoms with van der Waals surface area (Å²) in [4.78, 5) is 15.1.